The third kappa shape index (κ3) is 5.56. The molecule has 1 atom stereocenters. The van der Waals surface area contributed by atoms with E-state index in [0.29, 0.717) is 24.7 Å². The Labute approximate surface area is 222 Å². The minimum atomic E-state index is -1.25. The fraction of sp³-hybridized carbons (Fsp3) is 0.357. The summed E-state index contributed by atoms with van der Waals surface area (Å²) in [6.07, 6.45) is 5.79. The minimum absolute atomic E-state index is 0.235. The number of imidazole rings is 1. The quantitative estimate of drug-likeness (QED) is 0.212. The van der Waals surface area contributed by atoms with Crippen LogP contribution in [0.25, 0.3) is 33.4 Å². The van der Waals surface area contributed by atoms with E-state index < -0.39 is 14.2 Å². The number of phenolic OH excluding ortho intramolecular Hbond substituents is 1. The number of rotatable bonds is 8. The zero-order chi connectivity index (χ0) is 26.9. The maximum absolute atomic E-state index is 11.8. The second-order valence-corrected chi connectivity index (χ2v) is 16.6. The van der Waals surface area contributed by atoms with E-state index in [1.165, 1.54) is 4.90 Å². The molecule has 1 amide bonds. The first-order valence-electron chi connectivity index (χ1n) is 12.9. The van der Waals surface area contributed by atoms with Crippen molar-refractivity contribution in [1.29, 1.82) is 0 Å². The summed E-state index contributed by atoms with van der Waals surface area (Å²) in [5, 5.41) is 21.4. The van der Waals surface area contributed by atoms with Crippen molar-refractivity contribution >= 4 is 24.9 Å². The number of ether oxygens (including phenoxy) is 1. The lowest BCUT2D eigenvalue weighted by molar-refractivity contribution is 0.0815. The Morgan fingerprint density at radius 3 is 2.50 bits per heavy atom. The predicted octanol–water partition coefficient (Wildman–Crippen LogP) is 5.99. The van der Waals surface area contributed by atoms with Gasteiger partial charge in [0.1, 0.15) is 24.0 Å². The molecular formula is C28H33N5O4Si. The van der Waals surface area contributed by atoms with Crippen molar-refractivity contribution in [2.45, 2.75) is 51.3 Å². The summed E-state index contributed by atoms with van der Waals surface area (Å²) >= 11 is 0. The van der Waals surface area contributed by atoms with Gasteiger partial charge in [-0.3, -0.25) is 14.9 Å². The summed E-state index contributed by atoms with van der Waals surface area (Å²) in [4.78, 5) is 27.3. The molecule has 38 heavy (non-hydrogen) atoms. The molecule has 0 spiro atoms. The van der Waals surface area contributed by atoms with Crippen molar-refractivity contribution in [1.82, 2.24) is 24.4 Å². The molecular weight excluding hydrogens is 498 g/mol. The van der Waals surface area contributed by atoms with E-state index in [0.717, 1.165) is 46.6 Å². The van der Waals surface area contributed by atoms with Crippen molar-refractivity contribution in [2.24, 2.45) is 0 Å². The zero-order valence-electron chi connectivity index (χ0n) is 22.0. The van der Waals surface area contributed by atoms with Gasteiger partial charge in [0.25, 0.3) is 0 Å². The molecule has 2 aromatic heterocycles. The summed E-state index contributed by atoms with van der Waals surface area (Å²) in [5.74, 6) is 0.912. The molecule has 10 heteroatoms. The van der Waals surface area contributed by atoms with Crippen LogP contribution in [0.3, 0.4) is 0 Å². The Kier molecular flexibility index (Phi) is 7.18. The Hall–Kier alpha value is -3.76. The van der Waals surface area contributed by atoms with Crippen LogP contribution in [0.5, 0.6) is 5.75 Å². The third-order valence-corrected chi connectivity index (χ3v) is 8.64. The van der Waals surface area contributed by atoms with Crippen LogP contribution >= 0.6 is 0 Å². The third-order valence-electron chi connectivity index (χ3n) is 6.93. The Morgan fingerprint density at radius 2 is 1.76 bits per heavy atom. The van der Waals surface area contributed by atoms with Crippen LogP contribution in [0.15, 0.2) is 55.0 Å². The summed E-state index contributed by atoms with van der Waals surface area (Å²) < 4.78 is 8.03. The number of aromatic hydroxyl groups is 1. The average Bonchev–Trinajstić information content (AvgIpc) is 3.53. The number of amides is 1. The number of nitrogens with zero attached hydrogens (tertiary/aromatic N) is 5. The van der Waals surface area contributed by atoms with E-state index in [-0.39, 0.29) is 18.5 Å². The number of carbonyl (C=O) groups is 1. The lowest BCUT2D eigenvalue weighted by atomic mass is 10.0. The summed E-state index contributed by atoms with van der Waals surface area (Å²) in [7, 11) is -1.25. The van der Waals surface area contributed by atoms with E-state index >= 15 is 0 Å². The van der Waals surface area contributed by atoms with Crippen LogP contribution in [0.2, 0.25) is 25.7 Å². The average molecular weight is 532 g/mol. The lowest BCUT2D eigenvalue weighted by Crippen LogP contribution is -2.31. The molecule has 0 unspecified atom stereocenters. The highest BCUT2D eigenvalue weighted by Gasteiger charge is 2.34. The van der Waals surface area contributed by atoms with Gasteiger partial charge < -0.3 is 19.5 Å². The molecule has 198 valence electrons. The van der Waals surface area contributed by atoms with E-state index in [4.69, 9.17) is 9.72 Å². The van der Waals surface area contributed by atoms with Crippen LogP contribution in [-0.4, -0.2) is 62.0 Å². The lowest BCUT2D eigenvalue weighted by Gasteiger charge is -2.23. The largest absolute Gasteiger partial charge is 0.508 e. The van der Waals surface area contributed by atoms with Gasteiger partial charge in [0.05, 0.1) is 36.0 Å². The first-order chi connectivity index (χ1) is 18.2. The SMILES string of the molecule is C[Si](C)(C)CCOCn1c(-c2cnc(-c3ccc4cc(O)ccc4c3)cn2)cnc1[C@@H]1CCCN1C(=O)O. The highest BCUT2D eigenvalue weighted by Crippen LogP contribution is 2.34. The van der Waals surface area contributed by atoms with E-state index in [2.05, 4.69) is 29.6 Å². The fourth-order valence-corrected chi connectivity index (χ4v) is 5.55. The smallest absolute Gasteiger partial charge is 0.407 e. The number of likely N-dealkylation sites (tertiary alicyclic amines) is 1. The number of aromatic nitrogens is 4. The highest BCUT2D eigenvalue weighted by atomic mass is 28.3. The first kappa shape index (κ1) is 25.9. The molecule has 1 fully saturated rings. The van der Waals surface area contributed by atoms with E-state index in [1.54, 1.807) is 30.7 Å². The van der Waals surface area contributed by atoms with Crippen LogP contribution in [0, 0.1) is 0 Å². The normalized spacial score (nSPS) is 15.9. The molecule has 2 N–H and O–H groups in total. The number of carboxylic acid groups (broad SMARTS) is 1. The second-order valence-electron chi connectivity index (χ2n) is 10.9. The van der Waals surface area contributed by atoms with Gasteiger partial charge in [0.2, 0.25) is 0 Å². The van der Waals surface area contributed by atoms with Crippen molar-refractivity contribution in [2.75, 3.05) is 13.2 Å². The Bertz CT molecular complexity index is 1450. The molecule has 1 aliphatic rings. The molecule has 1 aliphatic heterocycles. The van der Waals surface area contributed by atoms with Gasteiger partial charge in [-0.05, 0) is 47.9 Å². The van der Waals surface area contributed by atoms with Gasteiger partial charge in [0.15, 0.2) is 0 Å². The zero-order valence-corrected chi connectivity index (χ0v) is 23.0. The van der Waals surface area contributed by atoms with Gasteiger partial charge in [-0.1, -0.05) is 37.8 Å². The van der Waals surface area contributed by atoms with Crippen LogP contribution in [0.1, 0.15) is 24.7 Å². The van der Waals surface area contributed by atoms with Gasteiger partial charge in [-0.2, -0.15) is 0 Å². The maximum atomic E-state index is 11.8. The standard InChI is InChI=1S/C28H33N5O4Si/c1-38(2,3)12-11-37-18-33-26(17-31-27(33)25-5-4-10-32(25)28(35)36)24-16-29-23(15-30-24)21-7-6-20-14-22(34)9-8-19(20)13-21/h6-9,13-17,25,34H,4-5,10-12,18H2,1-3H3,(H,35,36)/t25-/m0/s1. The van der Waals surface area contributed by atoms with Crippen molar-refractivity contribution in [3.8, 4) is 28.4 Å². The van der Waals surface area contributed by atoms with Gasteiger partial charge in [-0.15, -0.1) is 0 Å². The minimum Gasteiger partial charge on any atom is -0.508 e. The number of phenols is 1. The van der Waals surface area contributed by atoms with E-state index in [1.807, 2.05) is 28.8 Å². The van der Waals surface area contributed by atoms with Crippen molar-refractivity contribution in [3.05, 3.63) is 60.8 Å². The summed E-state index contributed by atoms with van der Waals surface area (Å²) in [6.45, 7) is 8.35. The molecule has 9 nitrogen and oxygen atoms in total. The molecule has 2 aromatic carbocycles. The molecule has 5 rings (SSSR count). The number of hydrogen-bond donors (Lipinski definition) is 2. The molecule has 0 saturated carbocycles. The number of fused-ring (bicyclic) bond motifs is 1. The highest BCUT2D eigenvalue weighted by molar-refractivity contribution is 6.76. The van der Waals surface area contributed by atoms with Crippen molar-refractivity contribution in [3.63, 3.8) is 0 Å². The van der Waals surface area contributed by atoms with Gasteiger partial charge in [0, 0.05) is 26.8 Å². The molecule has 4 aromatic rings. The molecule has 1 saturated heterocycles. The molecule has 0 bridgehead atoms. The fourth-order valence-electron chi connectivity index (χ4n) is 4.80. The maximum Gasteiger partial charge on any atom is 0.407 e. The first-order valence-corrected chi connectivity index (χ1v) is 16.6. The van der Waals surface area contributed by atoms with Crippen LogP contribution in [0.4, 0.5) is 4.79 Å². The number of hydrogen-bond acceptors (Lipinski definition) is 6. The summed E-state index contributed by atoms with van der Waals surface area (Å²) in [6, 6.07) is 11.9. The topological polar surface area (TPSA) is 114 Å². The van der Waals surface area contributed by atoms with Crippen LogP contribution < -0.4 is 0 Å². The monoisotopic (exact) mass is 531 g/mol. The summed E-state index contributed by atoms with van der Waals surface area (Å²) in [5.41, 5.74) is 3.05. The van der Waals surface area contributed by atoms with Gasteiger partial charge >= 0.3 is 6.09 Å². The Morgan fingerprint density at radius 1 is 1.03 bits per heavy atom. The predicted molar refractivity (Wildman–Crippen MR) is 149 cm³/mol. The van der Waals surface area contributed by atoms with E-state index in [9.17, 15) is 15.0 Å². The van der Waals surface area contributed by atoms with Crippen molar-refractivity contribution < 1.29 is 19.7 Å². The number of benzene rings is 2. The molecule has 0 aliphatic carbocycles. The van der Waals surface area contributed by atoms with Gasteiger partial charge in [-0.25, -0.2) is 9.78 Å². The Balaban J connectivity index is 1.44. The molecule has 0 radical (unpaired) electrons. The molecule has 3 heterocycles. The van der Waals surface area contributed by atoms with Crippen LogP contribution in [-0.2, 0) is 11.5 Å². The second kappa shape index (κ2) is 10.5.